The number of ether oxygens (including phenoxy) is 2. The molecule has 0 aliphatic carbocycles. The molecule has 1 aromatic carbocycles. The second-order valence-corrected chi connectivity index (χ2v) is 5.65. The Kier molecular flexibility index (Phi) is 8.24. The van der Waals surface area contributed by atoms with Crippen molar-refractivity contribution in [1.29, 1.82) is 0 Å². The van der Waals surface area contributed by atoms with Gasteiger partial charge in [-0.3, -0.25) is 9.59 Å². The molecule has 1 rings (SSSR count). The molecule has 3 N–H and O–H groups in total. The van der Waals surface area contributed by atoms with Crippen LogP contribution in [0.3, 0.4) is 0 Å². The molecule has 1 atom stereocenters. The number of halogens is 1. The number of nitrogens with one attached hydrogen (secondary N) is 1. The number of carbonyl (C=O) groups is 2. The van der Waals surface area contributed by atoms with Gasteiger partial charge in [0.2, 0.25) is 11.8 Å². The molecule has 0 saturated carbocycles. The van der Waals surface area contributed by atoms with Crippen LogP contribution in [0.5, 0.6) is 0 Å². The Hall–Kier alpha value is -1.19. The van der Waals surface area contributed by atoms with Crippen LogP contribution in [0.25, 0.3) is 0 Å². The summed E-state index contributed by atoms with van der Waals surface area (Å²) in [6.45, 7) is 0.608. The average Bonchev–Trinajstić information content (AvgIpc) is 2.43. The van der Waals surface area contributed by atoms with Gasteiger partial charge in [-0.05, 0) is 40.3 Å². The lowest BCUT2D eigenvalue weighted by Gasteiger charge is -2.16. The second kappa shape index (κ2) is 9.69. The van der Waals surface area contributed by atoms with Gasteiger partial charge >= 0.3 is 0 Å². The van der Waals surface area contributed by atoms with Crippen LogP contribution in [0.4, 0.5) is 0 Å². The van der Waals surface area contributed by atoms with Crippen molar-refractivity contribution >= 4 is 34.4 Å². The van der Waals surface area contributed by atoms with Crippen LogP contribution in [-0.4, -0.2) is 44.8 Å². The van der Waals surface area contributed by atoms with E-state index >= 15 is 0 Å². The number of hydrogen-bond acceptors (Lipinski definition) is 4. The lowest BCUT2D eigenvalue weighted by atomic mass is 10.1. The fourth-order valence-corrected chi connectivity index (χ4v) is 2.27. The van der Waals surface area contributed by atoms with Crippen LogP contribution < -0.4 is 11.1 Å². The molecule has 0 aromatic heterocycles. The zero-order valence-electron chi connectivity index (χ0n) is 11.8. The van der Waals surface area contributed by atoms with E-state index in [1.165, 1.54) is 0 Å². The zero-order chi connectivity index (χ0) is 15.7. The molecule has 2 amide bonds. The van der Waals surface area contributed by atoms with Gasteiger partial charge in [0.05, 0.1) is 13.2 Å². The Labute approximate surface area is 137 Å². The van der Waals surface area contributed by atoms with E-state index < -0.39 is 11.9 Å². The summed E-state index contributed by atoms with van der Waals surface area (Å²) in [5.41, 5.74) is 6.27. The molecule has 0 aliphatic rings. The van der Waals surface area contributed by atoms with E-state index in [-0.39, 0.29) is 12.5 Å². The first kappa shape index (κ1) is 17.9. The summed E-state index contributed by atoms with van der Waals surface area (Å²) < 4.78 is 11.0. The van der Waals surface area contributed by atoms with Crippen LogP contribution in [0.2, 0.25) is 0 Å². The van der Waals surface area contributed by atoms with Crippen molar-refractivity contribution in [2.24, 2.45) is 5.73 Å². The Balaban J connectivity index is 2.50. The van der Waals surface area contributed by atoms with Crippen molar-refractivity contribution in [3.63, 3.8) is 0 Å². The van der Waals surface area contributed by atoms with Crippen LogP contribution in [0, 0.1) is 3.57 Å². The maximum absolute atomic E-state index is 11.7. The van der Waals surface area contributed by atoms with E-state index in [0.29, 0.717) is 19.6 Å². The molecule has 21 heavy (non-hydrogen) atoms. The molecule has 0 fully saturated rings. The van der Waals surface area contributed by atoms with Gasteiger partial charge in [0.15, 0.2) is 0 Å². The van der Waals surface area contributed by atoms with Crippen molar-refractivity contribution in [1.82, 2.24) is 5.32 Å². The molecular formula is C14H19IN2O4. The standard InChI is InChI=1S/C14H19IN2O4/c1-20-5-6-21-9-13(18)17-12(14(16)19)8-10-3-2-4-11(15)7-10/h2-4,7,12H,5-6,8-9H2,1H3,(H2,16,19)(H,17,18)/t12-/m1/s1. The Morgan fingerprint density at radius 1 is 1.38 bits per heavy atom. The SMILES string of the molecule is COCCOCC(=O)N[C@H](Cc1cccc(I)c1)C(N)=O. The first-order valence-corrected chi connectivity index (χ1v) is 7.50. The Morgan fingerprint density at radius 2 is 2.14 bits per heavy atom. The maximum atomic E-state index is 11.7. The van der Waals surface area contributed by atoms with Gasteiger partial charge in [-0.25, -0.2) is 0 Å². The smallest absolute Gasteiger partial charge is 0.246 e. The van der Waals surface area contributed by atoms with Gasteiger partial charge < -0.3 is 20.5 Å². The zero-order valence-corrected chi connectivity index (χ0v) is 14.0. The summed E-state index contributed by atoms with van der Waals surface area (Å²) in [7, 11) is 1.55. The highest BCUT2D eigenvalue weighted by molar-refractivity contribution is 14.1. The van der Waals surface area contributed by atoms with E-state index in [2.05, 4.69) is 27.9 Å². The summed E-state index contributed by atoms with van der Waals surface area (Å²) >= 11 is 2.19. The van der Waals surface area contributed by atoms with E-state index in [4.69, 9.17) is 15.2 Å². The van der Waals surface area contributed by atoms with Crippen LogP contribution in [0.1, 0.15) is 5.56 Å². The van der Waals surface area contributed by atoms with Crippen LogP contribution in [0.15, 0.2) is 24.3 Å². The molecule has 0 heterocycles. The molecule has 0 radical (unpaired) electrons. The normalized spacial score (nSPS) is 11.9. The highest BCUT2D eigenvalue weighted by atomic mass is 127. The van der Waals surface area contributed by atoms with E-state index in [1.54, 1.807) is 7.11 Å². The minimum Gasteiger partial charge on any atom is -0.382 e. The summed E-state index contributed by atoms with van der Waals surface area (Å²) in [6.07, 6.45) is 0.357. The first-order valence-electron chi connectivity index (χ1n) is 6.42. The van der Waals surface area contributed by atoms with Gasteiger partial charge in [0.25, 0.3) is 0 Å². The van der Waals surface area contributed by atoms with Crippen LogP contribution >= 0.6 is 22.6 Å². The van der Waals surface area contributed by atoms with E-state index in [9.17, 15) is 9.59 Å². The molecular weight excluding hydrogens is 387 g/mol. The molecule has 6 nitrogen and oxygen atoms in total. The molecule has 1 aromatic rings. The predicted octanol–water partition coefficient (Wildman–Crippen LogP) is 0.467. The topological polar surface area (TPSA) is 90.7 Å². The van der Waals surface area contributed by atoms with Gasteiger partial charge in [0, 0.05) is 17.1 Å². The van der Waals surface area contributed by atoms with Crippen molar-refractivity contribution in [3.05, 3.63) is 33.4 Å². The summed E-state index contributed by atoms with van der Waals surface area (Å²) in [6, 6.07) is 6.93. The Bertz CT molecular complexity index is 482. The molecule has 116 valence electrons. The fourth-order valence-electron chi connectivity index (χ4n) is 1.67. The van der Waals surface area contributed by atoms with E-state index in [1.807, 2.05) is 24.3 Å². The quantitative estimate of drug-likeness (QED) is 0.461. The van der Waals surface area contributed by atoms with Gasteiger partial charge in [-0.1, -0.05) is 12.1 Å². The molecule has 0 spiro atoms. The summed E-state index contributed by atoms with van der Waals surface area (Å²) in [4.78, 5) is 23.1. The number of benzene rings is 1. The monoisotopic (exact) mass is 406 g/mol. The number of nitrogens with two attached hydrogens (primary N) is 1. The van der Waals surface area contributed by atoms with Crippen LogP contribution in [-0.2, 0) is 25.5 Å². The lowest BCUT2D eigenvalue weighted by Crippen LogP contribution is -2.47. The van der Waals surface area contributed by atoms with Gasteiger partial charge in [-0.15, -0.1) is 0 Å². The highest BCUT2D eigenvalue weighted by Crippen LogP contribution is 2.09. The number of carbonyl (C=O) groups excluding carboxylic acids is 2. The number of primary amides is 1. The van der Waals surface area contributed by atoms with Crippen molar-refractivity contribution < 1.29 is 19.1 Å². The number of amides is 2. The van der Waals surface area contributed by atoms with Crippen molar-refractivity contribution in [2.75, 3.05) is 26.9 Å². The minimum atomic E-state index is -0.748. The average molecular weight is 406 g/mol. The maximum Gasteiger partial charge on any atom is 0.246 e. The molecule has 0 aliphatic heterocycles. The largest absolute Gasteiger partial charge is 0.382 e. The minimum absolute atomic E-state index is 0.126. The van der Waals surface area contributed by atoms with Gasteiger partial charge in [0.1, 0.15) is 12.6 Å². The van der Waals surface area contributed by atoms with Gasteiger partial charge in [-0.2, -0.15) is 0 Å². The third kappa shape index (κ3) is 7.39. The molecule has 7 heteroatoms. The van der Waals surface area contributed by atoms with Crippen molar-refractivity contribution in [3.8, 4) is 0 Å². The van der Waals surface area contributed by atoms with Crippen molar-refractivity contribution in [2.45, 2.75) is 12.5 Å². The number of methoxy groups -OCH3 is 1. The Morgan fingerprint density at radius 3 is 2.76 bits per heavy atom. The fraction of sp³-hybridized carbons (Fsp3) is 0.429. The third-order valence-corrected chi connectivity index (χ3v) is 3.34. The summed E-state index contributed by atoms with van der Waals surface area (Å²) in [5.74, 6) is -0.945. The molecule has 0 bridgehead atoms. The summed E-state index contributed by atoms with van der Waals surface area (Å²) in [5, 5.41) is 2.58. The predicted molar refractivity (Wildman–Crippen MR) is 86.7 cm³/mol. The first-order chi connectivity index (χ1) is 10.0. The third-order valence-electron chi connectivity index (χ3n) is 2.67. The highest BCUT2D eigenvalue weighted by Gasteiger charge is 2.18. The molecule has 0 unspecified atom stereocenters. The lowest BCUT2D eigenvalue weighted by molar-refractivity contribution is -0.130. The number of rotatable bonds is 9. The number of hydrogen-bond donors (Lipinski definition) is 2. The second-order valence-electron chi connectivity index (χ2n) is 4.40. The van der Waals surface area contributed by atoms with E-state index in [0.717, 1.165) is 9.13 Å². The molecule has 0 saturated heterocycles.